The summed E-state index contributed by atoms with van der Waals surface area (Å²) in [6, 6.07) is 0.545. The third-order valence-corrected chi connectivity index (χ3v) is 3.87. The van der Waals surface area contributed by atoms with Crippen molar-refractivity contribution >= 4 is 11.3 Å². The van der Waals surface area contributed by atoms with Gasteiger partial charge in [0.05, 0.1) is 5.69 Å². The molecule has 3 heteroatoms. The van der Waals surface area contributed by atoms with Crippen molar-refractivity contribution in [2.75, 3.05) is 0 Å². The Kier molecular flexibility index (Phi) is 3.76. The smallest absolute Gasteiger partial charge is 0.107 e. The van der Waals surface area contributed by atoms with E-state index in [0.29, 0.717) is 6.04 Å². The van der Waals surface area contributed by atoms with Crippen molar-refractivity contribution in [3.63, 3.8) is 0 Å². The first kappa shape index (κ1) is 11.1. The van der Waals surface area contributed by atoms with Gasteiger partial charge in [-0.2, -0.15) is 0 Å². The van der Waals surface area contributed by atoms with Gasteiger partial charge < -0.3 is 5.32 Å². The van der Waals surface area contributed by atoms with Crippen molar-refractivity contribution in [2.24, 2.45) is 0 Å². The molecule has 1 aromatic heterocycles. The van der Waals surface area contributed by atoms with Crippen LogP contribution in [0.5, 0.6) is 0 Å². The lowest BCUT2D eigenvalue weighted by Crippen LogP contribution is -2.21. The van der Waals surface area contributed by atoms with Gasteiger partial charge in [0.25, 0.3) is 0 Å². The molecule has 15 heavy (non-hydrogen) atoms. The predicted molar refractivity (Wildman–Crippen MR) is 65.3 cm³/mol. The zero-order chi connectivity index (χ0) is 10.7. The maximum atomic E-state index is 4.72. The molecule has 0 bridgehead atoms. The van der Waals surface area contributed by atoms with Crippen LogP contribution in [0.2, 0.25) is 0 Å². The first-order valence-electron chi connectivity index (χ1n) is 5.93. The van der Waals surface area contributed by atoms with Crippen molar-refractivity contribution in [1.29, 1.82) is 0 Å². The van der Waals surface area contributed by atoms with Crippen molar-refractivity contribution < 1.29 is 0 Å². The third kappa shape index (κ3) is 3.02. The van der Waals surface area contributed by atoms with E-state index < -0.39 is 0 Å². The Bertz CT molecular complexity index is 300. The molecule has 1 aliphatic rings. The van der Waals surface area contributed by atoms with Gasteiger partial charge in [0.1, 0.15) is 5.01 Å². The van der Waals surface area contributed by atoms with E-state index in [-0.39, 0.29) is 0 Å². The number of nitrogens with zero attached hydrogens (tertiary/aromatic N) is 1. The van der Waals surface area contributed by atoms with Crippen molar-refractivity contribution in [2.45, 2.75) is 58.0 Å². The molecular formula is C12H20N2S. The Morgan fingerprint density at radius 3 is 2.87 bits per heavy atom. The Hall–Kier alpha value is -0.410. The molecule has 1 aromatic rings. The van der Waals surface area contributed by atoms with Crippen LogP contribution < -0.4 is 5.32 Å². The van der Waals surface area contributed by atoms with E-state index in [9.17, 15) is 0 Å². The lowest BCUT2D eigenvalue weighted by atomic mass is 10.1. The number of nitrogens with one attached hydrogen (secondary N) is 1. The number of hydrogen-bond acceptors (Lipinski definition) is 3. The summed E-state index contributed by atoms with van der Waals surface area (Å²) < 4.78 is 0. The van der Waals surface area contributed by atoms with Crippen molar-refractivity contribution in [1.82, 2.24) is 10.3 Å². The summed E-state index contributed by atoms with van der Waals surface area (Å²) in [6.07, 6.45) is 5.48. The summed E-state index contributed by atoms with van der Waals surface area (Å²) in [5.74, 6) is 0.758. The zero-order valence-electron chi connectivity index (χ0n) is 9.62. The van der Waals surface area contributed by atoms with E-state index >= 15 is 0 Å². The Labute approximate surface area is 96.1 Å². The molecule has 2 nitrogen and oxygen atoms in total. The van der Waals surface area contributed by atoms with Crippen LogP contribution in [-0.4, -0.2) is 11.0 Å². The molecule has 2 rings (SSSR count). The maximum Gasteiger partial charge on any atom is 0.107 e. The van der Waals surface area contributed by atoms with E-state index in [1.54, 1.807) is 11.3 Å². The number of aromatic nitrogens is 1. The van der Waals surface area contributed by atoms with E-state index in [2.05, 4.69) is 24.5 Å². The van der Waals surface area contributed by atoms with Crippen LogP contribution >= 0.6 is 11.3 Å². The average Bonchev–Trinajstić information content (AvgIpc) is 2.85. The molecule has 1 N–H and O–H groups in total. The molecule has 0 atom stereocenters. The highest BCUT2D eigenvalue weighted by Crippen LogP contribution is 2.34. The minimum absolute atomic E-state index is 0.545. The fourth-order valence-corrected chi connectivity index (χ4v) is 2.93. The molecule has 0 unspecified atom stereocenters. The average molecular weight is 224 g/mol. The molecule has 84 valence electrons. The second-order valence-electron chi connectivity index (χ2n) is 4.68. The van der Waals surface area contributed by atoms with Gasteiger partial charge >= 0.3 is 0 Å². The van der Waals surface area contributed by atoms with E-state index in [4.69, 9.17) is 4.98 Å². The second kappa shape index (κ2) is 5.08. The molecule has 1 aliphatic carbocycles. The predicted octanol–water partition coefficient (Wildman–Crippen LogP) is 3.30. The van der Waals surface area contributed by atoms with Crippen LogP contribution in [0.25, 0.3) is 0 Å². The molecule has 0 aromatic carbocycles. The topological polar surface area (TPSA) is 24.9 Å². The first-order valence-corrected chi connectivity index (χ1v) is 6.81. The summed E-state index contributed by atoms with van der Waals surface area (Å²) >= 11 is 1.80. The van der Waals surface area contributed by atoms with Gasteiger partial charge in [-0.3, -0.25) is 0 Å². The highest BCUT2D eigenvalue weighted by Gasteiger charge is 2.19. The van der Waals surface area contributed by atoms with Crippen LogP contribution in [0.1, 0.15) is 56.2 Å². The zero-order valence-corrected chi connectivity index (χ0v) is 10.4. The lowest BCUT2D eigenvalue weighted by molar-refractivity contribution is 0.584. The summed E-state index contributed by atoms with van der Waals surface area (Å²) in [5, 5.41) is 6.91. The maximum absolute atomic E-state index is 4.72. The number of hydrogen-bond donors (Lipinski definition) is 1. The lowest BCUT2D eigenvalue weighted by Gasteiger charge is -2.05. The molecule has 1 saturated carbocycles. The normalized spacial score (nSPS) is 17.8. The molecule has 0 aliphatic heterocycles. The van der Waals surface area contributed by atoms with Crippen LogP contribution in [0, 0.1) is 0 Å². The van der Waals surface area contributed by atoms with Gasteiger partial charge in [-0.15, -0.1) is 11.3 Å². The fourth-order valence-electron chi connectivity index (χ4n) is 2.11. The highest BCUT2D eigenvalue weighted by atomic mass is 32.1. The summed E-state index contributed by atoms with van der Waals surface area (Å²) in [5.41, 5.74) is 1.35. The quantitative estimate of drug-likeness (QED) is 0.849. The molecule has 0 saturated heterocycles. The minimum Gasteiger partial charge on any atom is -0.308 e. The molecule has 1 fully saturated rings. The van der Waals surface area contributed by atoms with E-state index in [0.717, 1.165) is 12.5 Å². The van der Waals surface area contributed by atoms with Gasteiger partial charge in [-0.25, -0.2) is 4.98 Å². The fraction of sp³-hybridized carbons (Fsp3) is 0.750. The van der Waals surface area contributed by atoms with Crippen LogP contribution in [-0.2, 0) is 6.54 Å². The van der Waals surface area contributed by atoms with Crippen LogP contribution in [0.4, 0.5) is 0 Å². The largest absolute Gasteiger partial charge is 0.308 e. The standard InChI is InChI=1S/C12H20N2S/c1-9(2)13-7-12-14-11(8-15-12)10-5-3-4-6-10/h8-10,13H,3-7H2,1-2H3. The van der Waals surface area contributed by atoms with Gasteiger partial charge in [0.2, 0.25) is 0 Å². The molecule has 0 radical (unpaired) electrons. The number of thiazole rings is 1. The molecule has 0 spiro atoms. The molecule has 0 amide bonds. The Morgan fingerprint density at radius 1 is 1.47 bits per heavy atom. The molecule has 1 heterocycles. The van der Waals surface area contributed by atoms with Gasteiger partial charge in [0.15, 0.2) is 0 Å². The van der Waals surface area contributed by atoms with Gasteiger partial charge in [0, 0.05) is 23.9 Å². The summed E-state index contributed by atoms with van der Waals surface area (Å²) in [7, 11) is 0. The summed E-state index contributed by atoms with van der Waals surface area (Å²) in [4.78, 5) is 4.72. The Morgan fingerprint density at radius 2 is 2.20 bits per heavy atom. The van der Waals surface area contributed by atoms with Crippen molar-refractivity contribution in [3.8, 4) is 0 Å². The second-order valence-corrected chi connectivity index (χ2v) is 5.63. The van der Waals surface area contributed by atoms with Gasteiger partial charge in [-0.05, 0) is 12.8 Å². The van der Waals surface area contributed by atoms with Gasteiger partial charge in [-0.1, -0.05) is 26.7 Å². The SMILES string of the molecule is CC(C)NCc1nc(C2CCCC2)cs1. The molecular weight excluding hydrogens is 204 g/mol. The third-order valence-electron chi connectivity index (χ3n) is 3.00. The minimum atomic E-state index is 0.545. The van der Waals surface area contributed by atoms with Crippen LogP contribution in [0.3, 0.4) is 0 Å². The highest BCUT2D eigenvalue weighted by molar-refractivity contribution is 7.09. The summed E-state index contributed by atoms with van der Waals surface area (Å²) in [6.45, 7) is 5.27. The number of rotatable bonds is 4. The van der Waals surface area contributed by atoms with Crippen molar-refractivity contribution in [3.05, 3.63) is 16.1 Å². The van der Waals surface area contributed by atoms with Crippen LogP contribution in [0.15, 0.2) is 5.38 Å². The first-order chi connectivity index (χ1) is 7.25. The van der Waals surface area contributed by atoms with E-state index in [1.807, 2.05) is 0 Å². The Balaban J connectivity index is 1.91. The monoisotopic (exact) mass is 224 g/mol. The van der Waals surface area contributed by atoms with E-state index in [1.165, 1.54) is 36.4 Å².